The molecule has 0 aliphatic carbocycles. The van der Waals surface area contributed by atoms with Gasteiger partial charge in [-0.1, -0.05) is 29.4 Å². The quantitative estimate of drug-likeness (QED) is 0.624. The number of amides is 1. The highest BCUT2D eigenvalue weighted by Gasteiger charge is 2.10. The van der Waals surface area contributed by atoms with Gasteiger partial charge in [-0.15, -0.1) is 0 Å². The van der Waals surface area contributed by atoms with Crippen LogP contribution in [0.15, 0.2) is 58.3 Å². The van der Waals surface area contributed by atoms with Crippen molar-refractivity contribution in [2.75, 3.05) is 11.1 Å². The van der Waals surface area contributed by atoms with Crippen molar-refractivity contribution >= 4 is 35.0 Å². The number of aryl methyl sites for hydroxylation is 1. The van der Waals surface area contributed by atoms with Gasteiger partial charge in [0.2, 0.25) is 5.91 Å². The smallest absolute Gasteiger partial charge is 0.256 e. The molecular formula is C18H14ClFN2O2S. The fourth-order valence-electron chi connectivity index (χ4n) is 2.07. The standard InChI is InChI=1S/C18H14ClFN2O2S/c1-11-2-7-14(8-15(11)19)22-17(23)10-25-18-21-9-16(24-18)12-3-5-13(20)6-4-12/h2-9H,10H2,1H3,(H,22,23). The minimum Gasteiger partial charge on any atom is -0.431 e. The van der Waals surface area contributed by atoms with Gasteiger partial charge >= 0.3 is 0 Å². The minimum atomic E-state index is -0.314. The lowest BCUT2D eigenvalue weighted by atomic mass is 10.2. The van der Waals surface area contributed by atoms with E-state index in [0.29, 0.717) is 21.7 Å². The number of aromatic nitrogens is 1. The Bertz CT molecular complexity index is 896. The number of carbonyl (C=O) groups excluding carboxylic acids is 1. The van der Waals surface area contributed by atoms with E-state index in [1.807, 2.05) is 13.0 Å². The number of nitrogens with one attached hydrogen (secondary N) is 1. The average molecular weight is 377 g/mol. The molecule has 0 unspecified atom stereocenters. The summed E-state index contributed by atoms with van der Waals surface area (Å²) in [5, 5.41) is 3.74. The molecule has 0 saturated heterocycles. The van der Waals surface area contributed by atoms with Crippen LogP contribution >= 0.6 is 23.4 Å². The number of anilines is 1. The zero-order chi connectivity index (χ0) is 17.8. The van der Waals surface area contributed by atoms with Gasteiger partial charge in [-0.25, -0.2) is 9.37 Å². The van der Waals surface area contributed by atoms with Crippen molar-refractivity contribution in [3.8, 4) is 11.3 Å². The number of nitrogens with zero attached hydrogens (tertiary/aromatic N) is 1. The summed E-state index contributed by atoms with van der Waals surface area (Å²) in [5.74, 6) is 0.167. The van der Waals surface area contributed by atoms with Crippen LogP contribution in [0.2, 0.25) is 5.02 Å². The van der Waals surface area contributed by atoms with Gasteiger partial charge in [-0.2, -0.15) is 0 Å². The highest BCUT2D eigenvalue weighted by molar-refractivity contribution is 7.99. The first-order chi connectivity index (χ1) is 12.0. The largest absolute Gasteiger partial charge is 0.431 e. The number of benzene rings is 2. The molecule has 7 heteroatoms. The molecule has 0 aliphatic heterocycles. The maximum absolute atomic E-state index is 12.9. The third-order valence-corrected chi connectivity index (χ3v) is 4.64. The zero-order valence-electron chi connectivity index (χ0n) is 13.3. The number of hydrogen-bond acceptors (Lipinski definition) is 4. The topological polar surface area (TPSA) is 55.1 Å². The maximum Gasteiger partial charge on any atom is 0.256 e. The summed E-state index contributed by atoms with van der Waals surface area (Å²) >= 11 is 7.21. The highest BCUT2D eigenvalue weighted by Crippen LogP contribution is 2.26. The number of thioether (sulfide) groups is 1. The normalized spacial score (nSPS) is 10.7. The summed E-state index contributed by atoms with van der Waals surface area (Å²) in [4.78, 5) is 16.1. The Kier molecular flexibility index (Phi) is 5.40. The molecule has 0 atom stereocenters. The lowest BCUT2D eigenvalue weighted by molar-refractivity contribution is -0.113. The van der Waals surface area contributed by atoms with E-state index in [-0.39, 0.29) is 17.5 Å². The first kappa shape index (κ1) is 17.5. The Hall–Kier alpha value is -2.31. The molecule has 128 valence electrons. The Morgan fingerprint density at radius 3 is 2.76 bits per heavy atom. The molecule has 0 spiro atoms. The highest BCUT2D eigenvalue weighted by atomic mass is 35.5. The Morgan fingerprint density at radius 2 is 2.04 bits per heavy atom. The molecule has 0 aliphatic rings. The Balaban J connectivity index is 1.57. The molecule has 0 fully saturated rings. The summed E-state index contributed by atoms with van der Waals surface area (Å²) in [6.45, 7) is 1.89. The predicted molar refractivity (Wildman–Crippen MR) is 97.4 cm³/mol. The van der Waals surface area contributed by atoms with E-state index < -0.39 is 0 Å². The van der Waals surface area contributed by atoms with Crippen molar-refractivity contribution in [3.05, 3.63) is 65.1 Å². The molecule has 2 aromatic carbocycles. The summed E-state index contributed by atoms with van der Waals surface area (Å²) in [7, 11) is 0. The molecule has 3 rings (SSSR count). The number of hydrogen-bond donors (Lipinski definition) is 1. The average Bonchev–Trinajstić information content (AvgIpc) is 3.06. The van der Waals surface area contributed by atoms with E-state index in [2.05, 4.69) is 10.3 Å². The molecule has 0 radical (unpaired) electrons. The molecule has 4 nitrogen and oxygen atoms in total. The molecule has 3 aromatic rings. The van der Waals surface area contributed by atoms with Gasteiger partial charge in [-0.3, -0.25) is 4.79 Å². The van der Waals surface area contributed by atoms with Crippen LogP contribution in [0, 0.1) is 12.7 Å². The number of carbonyl (C=O) groups is 1. The van der Waals surface area contributed by atoms with Gasteiger partial charge < -0.3 is 9.73 Å². The van der Waals surface area contributed by atoms with Gasteiger partial charge in [0, 0.05) is 16.3 Å². The third-order valence-electron chi connectivity index (χ3n) is 3.40. The van der Waals surface area contributed by atoms with Crippen LogP contribution in [-0.4, -0.2) is 16.6 Å². The maximum atomic E-state index is 12.9. The van der Waals surface area contributed by atoms with Crippen molar-refractivity contribution in [3.63, 3.8) is 0 Å². The van der Waals surface area contributed by atoms with E-state index in [1.54, 1.807) is 30.5 Å². The molecule has 1 heterocycles. The number of halogens is 2. The zero-order valence-corrected chi connectivity index (χ0v) is 14.8. The molecule has 1 amide bonds. The van der Waals surface area contributed by atoms with Crippen LogP contribution in [0.3, 0.4) is 0 Å². The lowest BCUT2D eigenvalue weighted by Gasteiger charge is -2.05. The second-order valence-electron chi connectivity index (χ2n) is 5.30. The van der Waals surface area contributed by atoms with Crippen LogP contribution in [0.4, 0.5) is 10.1 Å². The van der Waals surface area contributed by atoms with Crippen LogP contribution in [0.5, 0.6) is 0 Å². The van der Waals surface area contributed by atoms with Crippen molar-refractivity contribution < 1.29 is 13.6 Å². The van der Waals surface area contributed by atoms with Gasteiger partial charge in [0.1, 0.15) is 5.82 Å². The summed E-state index contributed by atoms with van der Waals surface area (Å²) < 4.78 is 18.5. The predicted octanol–water partition coefficient (Wildman–Crippen LogP) is 5.17. The van der Waals surface area contributed by atoms with Crippen molar-refractivity contribution in [2.45, 2.75) is 12.1 Å². The fourth-order valence-corrected chi connectivity index (χ4v) is 2.85. The van der Waals surface area contributed by atoms with Gasteiger partial charge in [0.25, 0.3) is 5.22 Å². The van der Waals surface area contributed by atoms with Gasteiger partial charge in [0.15, 0.2) is 5.76 Å². The van der Waals surface area contributed by atoms with E-state index >= 15 is 0 Å². The van der Waals surface area contributed by atoms with Crippen LogP contribution in [0.1, 0.15) is 5.56 Å². The molecule has 1 aromatic heterocycles. The first-order valence-electron chi connectivity index (χ1n) is 7.42. The number of rotatable bonds is 5. The monoisotopic (exact) mass is 376 g/mol. The summed E-state index contributed by atoms with van der Waals surface area (Å²) in [6, 6.07) is 11.3. The Labute approximate surface area is 153 Å². The van der Waals surface area contributed by atoms with E-state index in [0.717, 1.165) is 11.1 Å². The SMILES string of the molecule is Cc1ccc(NC(=O)CSc2ncc(-c3ccc(F)cc3)o2)cc1Cl. The van der Waals surface area contributed by atoms with Crippen LogP contribution in [-0.2, 0) is 4.79 Å². The third kappa shape index (κ3) is 4.61. The number of oxazole rings is 1. The molecule has 0 bridgehead atoms. The molecule has 0 saturated carbocycles. The van der Waals surface area contributed by atoms with Crippen molar-refractivity contribution in [1.82, 2.24) is 4.98 Å². The molecule has 1 N–H and O–H groups in total. The second-order valence-corrected chi connectivity index (χ2v) is 6.63. The van der Waals surface area contributed by atoms with Crippen LogP contribution in [0.25, 0.3) is 11.3 Å². The summed E-state index contributed by atoms with van der Waals surface area (Å²) in [5.41, 5.74) is 2.31. The molecular weight excluding hydrogens is 363 g/mol. The second kappa shape index (κ2) is 7.72. The summed E-state index contributed by atoms with van der Waals surface area (Å²) in [6.07, 6.45) is 1.55. The fraction of sp³-hybridized carbons (Fsp3) is 0.111. The van der Waals surface area contributed by atoms with Gasteiger partial charge in [0.05, 0.1) is 11.9 Å². The first-order valence-corrected chi connectivity index (χ1v) is 8.78. The van der Waals surface area contributed by atoms with Crippen molar-refractivity contribution in [2.24, 2.45) is 0 Å². The van der Waals surface area contributed by atoms with Crippen molar-refractivity contribution in [1.29, 1.82) is 0 Å². The minimum absolute atomic E-state index is 0.148. The van der Waals surface area contributed by atoms with Gasteiger partial charge in [-0.05, 0) is 48.9 Å². The van der Waals surface area contributed by atoms with Crippen LogP contribution < -0.4 is 5.32 Å². The van der Waals surface area contributed by atoms with E-state index in [9.17, 15) is 9.18 Å². The Morgan fingerprint density at radius 1 is 1.28 bits per heavy atom. The molecule has 25 heavy (non-hydrogen) atoms. The van der Waals surface area contributed by atoms with E-state index in [4.69, 9.17) is 16.0 Å². The lowest BCUT2D eigenvalue weighted by Crippen LogP contribution is -2.13. The van der Waals surface area contributed by atoms with E-state index in [1.165, 1.54) is 23.9 Å².